The highest BCUT2D eigenvalue weighted by Crippen LogP contribution is 2.45. The maximum Gasteiger partial charge on any atom is 0.262 e. The molecule has 1 amide bonds. The zero-order valence-corrected chi connectivity index (χ0v) is 16.5. The number of para-hydroxylation sites is 1. The molecule has 1 atom stereocenters. The van der Waals surface area contributed by atoms with E-state index in [0.29, 0.717) is 22.8 Å². The smallest absolute Gasteiger partial charge is 0.262 e. The molecular formula is C23H20N2O5. The quantitative estimate of drug-likeness (QED) is 0.703. The van der Waals surface area contributed by atoms with Crippen molar-refractivity contribution in [2.24, 2.45) is 0 Å². The summed E-state index contributed by atoms with van der Waals surface area (Å²) in [6, 6.07) is 18.6. The first-order valence-electron chi connectivity index (χ1n) is 9.50. The van der Waals surface area contributed by atoms with Crippen LogP contribution in [-0.2, 0) is 0 Å². The molecule has 2 aliphatic rings. The Morgan fingerprint density at radius 2 is 1.80 bits per heavy atom. The van der Waals surface area contributed by atoms with Gasteiger partial charge in [-0.3, -0.25) is 9.69 Å². The van der Waals surface area contributed by atoms with Crippen LogP contribution in [0.4, 0.5) is 11.4 Å². The van der Waals surface area contributed by atoms with Crippen molar-refractivity contribution in [2.75, 3.05) is 31.2 Å². The average Bonchev–Trinajstić information content (AvgIpc) is 3.27. The van der Waals surface area contributed by atoms with Crippen molar-refractivity contribution in [3.63, 3.8) is 0 Å². The molecule has 7 heteroatoms. The summed E-state index contributed by atoms with van der Waals surface area (Å²) in [4.78, 5) is 15.2. The van der Waals surface area contributed by atoms with Gasteiger partial charge in [0.05, 0.1) is 19.8 Å². The third kappa shape index (κ3) is 2.86. The number of methoxy groups -OCH3 is 2. The van der Waals surface area contributed by atoms with Gasteiger partial charge in [0.2, 0.25) is 12.5 Å². The van der Waals surface area contributed by atoms with Gasteiger partial charge >= 0.3 is 0 Å². The maximum atomic E-state index is 13.5. The first-order valence-corrected chi connectivity index (χ1v) is 9.50. The van der Waals surface area contributed by atoms with Crippen LogP contribution < -0.4 is 29.2 Å². The van der Waals surface area contributed by atoms with E-state index in [9.17, 15) is 4.79 Å². The lowest BCUT2D eigenvalue weighted by Crippen LogP contribution is -2.43. The minimum absolute atomic E-state index is 0.101. The molecule has 0 bridgehead atoms. The Kier molecular flexibility index (Phi) is 4.35. The number of anilines is 2. The second-order valence-electron chi connectivity index (χ2n) is 6.92. The molecule has 0 aromatic heterocycles. The van der Waals surface area contributed by atoms with Gasteiger partial charge in [0, 0.05) is 16.9 Å². The third-order valence-corrected chi connectivity index (χ3v) is 5.27. The van der Waals surface area contributed by atoms with Crippen molar-refractivity contribution in [1.82, 2.24) is 0 Å². The minimum atomic E-state index is -0.468. The van der Waals surface area contributed by atoms with Crippen LogP contribution in [0.3, 0.4) is 0 Å². The predicted octanol–water partition coefficient (Wildman–Crippen LogP) is 4.20. The maximum absolute atomic E-state index is 13.5. The summed E-state index contributed by atoms with van der Waals surface area (Å²) in [7, 11) is 3.19. The van der Waals surface area contributed by atoms with E-state index in [4.69, 9.17) is 18.9 Å². The molecule has 0 aliphatic carbocycles. The third-order valence-electron chi connectivity index (χ3n) is 5.27. The van der Waals surface area contributed by atoms with E-state index in [2.05, 4.69) is 5.32 Å². The Balaban J connectivity index is 1.65. The summed E-state index contributed by atoms with van der Waals surface area (Å²) < 4.78 is 21.9. The summed E-state index contributed by atoms with van der Waals surface area (Å²) in [5, 5.41) is 3.49. The second kappa shape index (κ2) is 7.18. The highest BCUT2D eigenvalue weighted by Gasteiger charge is 2.35. The molecule has 7 nitrogen and oxygen atoms in total. The fraction of sp³-hybridized carbons (Fsp3) is 0.174. The van der Waals surface area contributed by atoms with Crippen LogP contribution in [0.25, 0.3) is 0 Å². The molecule has 30 heavy (non-hydrogen) atoms. The standard InChI is InChI=1S/C23H20N2O5/c1-27-16-9-7-15(8-10-16)25-22(24-18-6-4-3-5-17(18)23(25)26)14-11-19(28-2)21-20(12-14)29-13-30-21/h3-12,22,24H,13H2,1-2H3/t22-/m0/s1. The molecule has 0 spiro atoms. The van der Waals surface area contributed by atoms with Gasteiger partial charge in [0.15, 0.2) is 11.5 Å². The van der Waals surface area contributed by atoms with Crippen LogP contribution in [-0.4, -0.2) is 26.9 Å². The fourth-order valence-electron chi connectivity index (χ4n) is 3.80. The van der Waals surface area contributed by atoms with Crippen molar-refractivity contribution in [3.8, 4) is 23.0 Å². The molecular weight excluding hydrogens is 384 g/mol. The highest BCUT2D eigenvalue weighted by atomic mass is 16.7. The molecule has 1 N–H and O–H groups in total. The number of nitrogens with zero attached hydrogens (tertiary/aromatic N) is 1. The van der Waals surface area contributed by atoms with E-state index in [1.165, 1.54) is 0 Å². The lowest BCUT2D eigenvalue weighted by Gasteiger charge is -2.38. The van der Waals surface area contributed by atoms with Gasteiger partial charge in [-0.25, -0.2) is 0 Å². The lowest BCUT2D eigenvalue weighted by atomic mass is 10.0. The fourth-order valence-corrected chi connectivity index (χ4v) is 3.80. The molecule has 5 rings (SSSR count). The summed E-state index contributed by atoms with van der Waals surface area (Å²) in [5.41, 5.74) is 2.94. The number of hydrogen-bond donors (Lipinski definition) is 1. The minimum Gasteiger partial charge on any atom is -0.497 e. The molecule has 2 aliphatic heterocycles. The van der Waals surface area contributed by atoms with Crippen molar-refractivity contribution >= 4 is 17.3 Å². The largest absolute Gasteiger partial charge is 0.497 e. The Labute approximate surface area is 173 Å². The monoisotopic (exact) mass is 404 g/mol. The van der Waals surface area contributed by atoms with E-state index in [0.717, 1.165) is 22.7 Å². The number of ether oxygens (including phenoxy) is 4. The zero-order valence-electron chi connectivity index (χ0n) is 16.5. The van der Waals surface area contributed by atoms with Gasteiger partial charge in [-0.2, -0.15) is 0 Å². The van der Waals surface area contributed by atoms with Crippen molar-refractivity contribution in [1.29, 1.82) is 0 Å². The van der Waals surface area contributed by atoms with Crippen LogP contribution in [0.1, 0.15) is 22.1 Å². The number of rotatable bonds is 4. The van der Waals surface area contributed by atoms with E-state index in [1.54, 1.807) is 19.1 Å². The highest BCUT2D eigenvalue weighted by molar-refractivity contribution is 6.12. The topological polar surface area (TPSA) is 69.3 Å². The molecule has 3 aromatic rings. The van der Waals surface area contributed by atoms with E-state index in [1.807, 2.05) is 60.7 Å². The van der Waals surface area contributed by atoms with Crippen LogP contribution in [0.2, 0.25) is 0 Å². The normalized spacial score (nSPS) is 16.7. The number of fused-ring (bicyclic) bond motifs is 2. The summed E-state index contributed by atoms with van der Waals surface area (Å²) in [6.07, 6.45) is -0.468. The van der Waals surface area contributed by atoms with E-state index in [-0.39, 0.29) is 12.7 Å². The number of amides is 1. The molecule has 0 fully saturated rings. The molecule has 0 saturated heterocycles. The number of benzene rings is 3. The van der Waals surface area contributed by atoms with Gasteiger partial charge in [-0.1, -0.05) is 12.1 Å². The predicted molar refractivity (Wildman–Crippen MR) is 112 cm³/mol. The van der Waals surface area contributed by atoms with E-state index < -0.39 is 6.17 Å². The van der Waals surface area contributed by atoms with Gasteiger partial charge in [-0.05, 0) is 48.5 Å². The number of carbonyl (C=O) groups is 1. The van der Waals surface area contributed by atoms with Crippen molar-refractivity contribution < 1.29 is 23.7 Å². The Morgan fingerprint density at radius 1 is 1.00 bits per heavy atom. The SMILES string of the molecule is COc1ccc(N2C(=O)c3ccccc3N[C@@H]2c2cc(OC)c3c(c2)OCO3)cc1. The number of carbonyl (C=O) groups excluding carboxylic acids is 1. The van der Waals surface area contributed by atoms with E-state index >= 15 is 0 Å². The van der Waals surface area contributed by atoms with Gasteiger partial charge < -0.3 is 24.3 Å². The first-order chi connectivity index (χ1) is 14.7. The van der Waals surface area contributed by atoms with Gasteiger partial charge in [0.1, 0.15) is 11.9 Å². The van der Waals surface area contributed by atoms with Crippen LogP contribution in [0.15, 0.2) is 60.7 Å². The summed E-state index contributed by atoms with van der Waals surface area (Å²) in [5.74, 6) is 2.34. The molecule has 152 valence electrons. The van der Waals surface area contributed by atoms with Crippen LogP contribution >= 0.6 is 0 Å². The van der Waals surface area contributed by atoms with Crippen LogP contribution in [0.5, 0.6) is 23.0 Å². The molecule has 0 radical (unpaired) electrons. The molecule has 3 aromatic carbocycles. The average molecular weight is 404 g/mol. The first kappa shape index (κ1) is 18.2. The van der Waals surface area contributed by atoms with Crippen LogP contribution in [0, 0.1) is 0 Å². The number of nitrogens with one attached hydrogen (secondary N) is 1. The zero-order chi connectivity index (χ0) is 20.7. The lowest BCUT2D eigenvalue weighted by molar-refractivity contribution is 0.0974. The Bertz CT molecular complexity index is 1110. The number of hydrogen-bond acceptors (Lipinski definition) is 6. The van der Waals surface area contributed by atoms with Crippen molar-refractivity contribution in [3.05, 3.63) is 71.8 Å². The Hall–Kier alpha value is -3.87. The van der Waals surface area contributed by atoms with Gasteiger partial charge in [0.25, 0.3) is 5.91 Å². The van der Waals surface area contributed by atoms with Crippen molar-refractivity contribution in [2.45, 2.75) is 6.17 Å². The summed E-state index contributed by atoms with van der Waals surface area (Å²) in [6.45, 7) is 0.136. The second-order valence-corrected chi connectivity index (χ2v) is 6.92. The summed E-state index contributed by atoms with van der Waals surface area (Å²) >= 11 is 0. The Morgan fingerprint density at radius 3 is 2.57 bits per heavy atom. The molecule has 0 unspecified atom stereocenters. The molecule has 2 heterocycles. The van der Waals surface area contributed by atoms with Gasteiger partial charge in [-0.15, -0.1) is 0 Å². The molecule has 0 saturated carbocycles.